The Labute approximate surface area is 209 Å². The minimum Gasteiger partial charge on any atom is -0.495 e. The van der Waals surface area contributed by atoms with Gasteiger partial charge in [0.1, 0.15) is 33.2 Å². The summed E-state index contributed by atoms with van der Waals surface area (Å²) in [6, 6.07) is 10.9. The van der Waals surface area contributed by atoms with E-state index in [1.54, 1.807) is 31.3 Å². The van der Waals surface area contributed by atoms with Crippen LogP contribution in [0, 0.1) is 0 Å². The van der Waals surface area contributed by atoms with Crippen LogP contribution < -0.4 is 23.8 Å². The summed E-state index contributed by atoms with van der Waals surface area (Å²) in [7, 11) is 3.22. The van der Waals surface area contributed by atoms with Crippen molar-refractivity contribution in [3.63, 3.8) is 0 Å². The molecule has 0 atom stereocenters. The summed E-state index contributed by atoms with van der Waals surface area (Å²) in [6.45, 7) is 6.68. The first kappa shape index (κ1) is 25.0. The number of hydrogen-bond acceptors (Lipinski definition) is 9. The van der Waals surface area contributed by atoms with Crippen LogP contribution in [-0.2, 0) is 9.53 Å². The molecule has 0 bridgehead atoms. The van der Waals surface area contributed by atoms with Crippen LogP contribution >= 0.6 is 11.3 Å². The molecule has 10 heteroatoms. The molecular formula is C25H31N3O6S. The fraction of sp³-hybridized carbons (Fsp3) is 0.440. The van der Waals surface area contributed by atoms with Gasteiger partial charge in [-0.25, -0.2) is 4.98 Å². The fourth-order valence-electron chi connectivity index (χ4n) is 3.80. The zero-order chi connectivity index (χ0) is 24.6. The number of benzene rings is 2. The minimum atomic E-state index is -0.177. The highest BCUT2D eigenvalue weighted by Gasteiger charge is 2.24. The van der Waals surface area contributed by atoms with E-state index in [0.29, 0.717) is 60.8 Å². The van der Waals surface area contributed by atoms with Gasteiger partial charge in [-0.15, -0.1) is 0 Å². The minimum absolute atomic E-state index is 0.110. The van der Waals surface area contributed by atoms with E-state index in [1.807, 2.05) is 31.2 Å². The lowest BCUT2D eigenvalue weighted by Crippen LogP contribution is -2.44. The van der Waals surface area contributed by atoms with Crippen LogP contribution in [0.1, 0.15) is 6.92 Å². The van der Waals surface area contributed by atoms with E-state index in [-0.39, 0.29) is 12.5 Å². The van der Waals surface area contributed by atoms with Crippen LogP contribution in [0.3, 0.4) is 0 Å². The Morgan fingerprint density at radius 3 is 2.34 bits per heavy atom. The average Bonchev–Trinajstić information content (AvgIpc) is 3.34. The zero-order valence-electron chi connectivity index (χ0n) is 20.3. The summed E-state index contributed by atoms with van der Waals surface area (Å²) in [4.78, 5) is 22.1. The second-order valence-corrected chi connectivity index (χ2v) is 8.81. The Hall–Kier alpha value is -3.08. The lowest BCUT2D eigenvalue weighted by Gasteiger charge is -2.29. The van der Waals surface area contributed by atoms with Gasteiger partial charge in [-0.1, -0.05) is 11.3 Å². The van der Waals surface area contributed by atoms with E-state index in [4.69, 9.17) is 28.7 Å². The molecule has 0 unspecified atom stereocenters. The van der Waals surface area contributed by atoms with E-state index in [2.05, 4.69) is 4.90 Å². The van der Waals surface area contributed by atoms with Gasteiger partial charge in [0.15, 0.2) is 11.7 Å². The van der Waals surface area contributed by atoms with Crippen molar-refractivity contribution in [2.45, 2.75) is 6.92 Å². The van der Waals surface area contributed by atoms with Crippen LogP contribution in [0.25, 0.3) is 10.2 Å². The second-order valence-electron chi connectivity index (χ2n) is 7.84. The maximum Gasteiger partial charge on any atom is 0.266 e. The molecule has 1 aromatic heterocycles. The van der Waals surface area contributed by atoms with Crippen molar-refractivity contribution in [2.75, 3.05) is 71.7 Å². The Kier molecular flexibility index (Phi) is 8.62. The van der Waals surface area contributed by atoms with Gasteiger partial charge in [-0.2, -0.15) is 0 Å². The van der Waals surface area contributed by atoms with Crippen molar-refractivity contribution < 1.29 is 28.5 Å². The molecule has 0 saturated carbocycles. The zero-order valence-corrected chi connectivity index (χ0v) is 21.1. The van der Waals surface area contributed by atoms with Crippen molar-refractivity contribution in [3.05, 3.63) is 36.4 Å². The number of rotatable bonds is 11. The molecule has 0 N–H and O–H groups in total. The van der Waals surface area contributed by atoms with Crippen molar-refractivity contribution in [1.29, 1.82) is 0 Å². The van der Waals surface area contributed by atoms with E-state index in [9.17, 15) is 4.79 Å². The molecular weight excluding hydrogens is 470 g/mol. The summed E-state index contributed by atoms with van der Waals surface area (Å²) in [6.07, 6.45) is 0. The highest BCUT2D eigenvalue weighted by atomic mass is 32.1. The third kappa shape index (κ3) is 6.14. The molecule has 3 aromatic rings. The number of carbonyl (C=O) groups is 1. The molecule has 0 spiro atoms. The predicted octanol–water partition coefficient (Wildman–Crippen LogP) is 3.46. The lowest BCUT2D eigenvalue weighted by atomic mass is 10.3. The number of aromatic nitrogens is 1. The number of thiazole rings is 1. The maximum absolute atomic E-state index is 13.4. The number of nitrogens with zero attached hydrogens (tertiary/aromatic N) is 3. The SMILES string of the molecule is CCOc1ccc(OCC(=O)N(CCN2CCOCC2)c2nc3c(OC)ccc(OC)c3s2)cc1. The molecule has 2 aromatic carbocycles. The summed E-state index contributed by atoms with van der Waals surface area (Å²) in [5.74, 6) is 2.51. The molecule has 1 saturated heterocycles. The number of morpholine rings is 1. The number of methoxy groups -OCH3 is 2. The number of amides is 1. The highest BCUT2D eigenvalue weighted by molar-refractivity contribution is 7.22. The highest BCUT2D eigenvalue weighted by Crippen LogP contribution is 2.40. The molecule has 188 valence electrons. The van der Waals surface area contributed by atoms with E-state index in [1.165, 1.54) is 11.3 Å². The first-order valence-electron chi connectivity index (χ1n) is 11.6. The summed E-state index contributed by atoms with van der Waals surface area (Å²) >= 11 is 1.40. The molecule has 1 aliphatic heterocycles. The molecule has 0 radical (unpaired) electrons. The van der Waals surface area contributed by atoms with E-state index < -0.39 is 0 Å². The number of ether oxygens (including phenoxy) is 5. The Morgan fingerprint density at radius 1 is 1.03 bits per heavy atom. The first-order chi connectivity index (χ1) is 17.1. The Morgan fingerprint density at radius 2 is 1.69 bits per heavy atom. The third-order valence-corrected chi connectivity index (χ3v) is 6.76. The molecule has 1 aliphatic rings. The second kappa shape index (κ2) is 12.1. The van der Waals surface area contributed by atoms with Gasteiger partial charge in [0.25, 0.3) is 5.91 Å². The molecule has 0 aliphatic carbocycles. The van der Waals surface area contributed by atoms with Crippen LogP contribution in [0.5, 0.6) is 23.0 Å². The fourth-order valence-corrected chi connectivity index (χ4v) is 4.92. The average molecular weight is 502 g/mol. The standard InChI is InChI=1S/C25H31N3O6S/c1-4-33-18-5-7-19(8-6-18)34-17-22(29)28(12-11-27-13-15-32-16-14-27)25-26-23-20(30-2)9-10-21(31-3)24(23)35-25/h5-10H,4,11-17H2,1-3H3. The quantitative estimate of drug-likeness (QED) is 0.395. The summed E-state index contributed by atoms with van der Waals surface area (Å²) in [5, 5.41) is 0.580. The van der Waals surface area contributed by atoms with Crippen LogP contribution in [-0.4, -0.2) is 82.6 Å². The van der Waals surface area contributed by atoms with Gasteiger partial charge in [-0.05, 0) is 43.3 Å². The van der Waals surface area contributed by atoms with Gasteiger partial charge >= 0.3 is 0 Å². The van der Waals surface area contributed by atoms with Crippen molar-refractivity contribution in [1.82, 2.24) is 9.88 Å². The topological polar surface area (TPSA) is 82.6 Å². The molecule has 1 fully saturated rings. The van der Waals surface area contributed by atoms with Crippen LogP contribution in [0.15, 0.2) is 36.4 Å². The molecule has 2 heterocycles. The first-order valence-corrected chi connectivity index (χ1v) is 12.4. The predicted molar refractivity (Wildman–Crippen MR) is 135 cm³/mol. The van der Waals surface area contributed by atoms with Crippen molar-refractivity contribution in [2.24, 2.45) is 0 Å². The van der Waals surface area contributed by atoms with Crippen LogP contribution in [0.4, 0.5) is 5.13 Å². The summed E-state index contributed by atoms with van der Waals surface area (Å²) in [5.41, 5.74) is 0.670. The van der Waals surface area contributed by atoms with Crippen molar-refractivity contribution in [3.8, 4) is 23.0 Å². The number of anilines is 1. The number of hydrogen-bond donors (Lipinski definition) is 0. The van der Waals surface area contributed by atoms with Crippen LogP contribution in [0.2, 0.25) is 0 Å². The van der Waals surface area contributed by atoms with Crippen molar-refractivity contribution >= 4 is 32.6 Å². The normalized spacial score (nSPS) is 14.0. The van der Waals surface area contributed by atoms with Gasteiger partial charge < -0.3 is 23.7 Å². The van der Waals surface area contributed by atoms with Gasteiger partial charge in [0.05, 0.1) is 34.0 Å². The van der Waals surface area contributed by atoms with Gasteiger partial charge in [0.2, 0.25) is 0 Å². The smallest absolute Gasteiger partial charge is 0.266 e. The largest absolute Gasteiger partial charge is 0.495 e. The molecule has 4 rings (SSSR count). The Balaban J connectivity index is 1.55. The number of fused-ring (bicyclic) bond motifs is 1. The molecule has 35 heavy (non-hydrogen) atoms. The maximum atomic E-state index is 13.4. The van der Waals surface area contributed by atoms with E-state index in [0.717, 1.165) is 23.5 Å². The monoisotopic (exact) mass is 501 g/mol. The molecule has 1 amide bonds. The molecule has 9 nitrogen and oxygen atoms in total. The number of carbonyl (C=O) groups excluding carboxylic acids is 1. The lowest BCUT2D eigenvalue weighted by molar-refractivity contribution is -0.120. The summed E-state index contributed by atoms with van der Waals surface area (Å²) < 4.78 is 28.6. The van der Waals surface area contributed by atoms with Gasteiger partial charge in [-0.3, -0.25) is 14.6 Å². The van der Waals surface area contributed by atoms with E-state index >= 15 is 0 Å². The third-order valence-electron chi connectivity index (χ3n) is 5.67. The van der Waals surface area contributed by atoms with Gasteiger partial charge in [0, 0.05) is 26.2 Å². The Bertz CT molecular complexity index is 1070.